The topological polar surface area (TPSA) is 70.7 Å². The highest BCUT2D eigenvalue weighted by Crippen LogP contribution is 2.26. The Morgan fingerprint density at radius 3 is 2.56 bits per heavy atom. The van der Waals surface area contributed by atoms with E-state index in [1.165, 1.54) is 0 Å². The monoisotopic (exact) mass is 545 g/mol. The van der Waals surface area contributed by atoms with Gasteiger partial charge in [0.2, 0.25) is 0 Å². The zero-order chi connectivity index (χ0) is 24.7. The van der Waals surface area contributed by atoms with Crippen LogP contribution >= 0.6 is 28.1 Å². The maximum absolute atomic E-state index is 12.8. The Morgan fingerprint density at radius 2 is 1.88 bits per heavy atom. The van der Waals surface area contributed by atoms with Gasteiger partial charge in [-0.25, -0.2) is 0 Å². The summed E-state index contributed by atoms with van der Waals surface area (Å²) in [6.45, 7) is 8.69. The Labute approximate surface area is 215 Å². The molecular formula is C26H32BrN3O3S. The second-order valence-electron chi connectivity index (χ2n) is 9.14. The Morgan fingerprint density at radius 1 is 1.15 bits per heavy atom. The minimum absolute atomic E-state index is 0.0195. The van der Waals surface area contributed by atoms with Crippen molar-refractivity contribution in [2.75, 3.05) is 25.0 Å². The first-order valence-corrected chi connectivity index (χ1v) is 12.9. The molecule has 2 aromatic rings. The van der Waals surface area contributed by atoms with Crippen LogP contribution in [0.1, 0.15) is 60.7 Å². The van der Waals surface area contributed by atoms with Crippen LogP contribution in [0.2, 0.25) is 0 Å². The summed E-state index contributed by atoms with van der Waals surface area (Å²) in [5.74, 6) is 1.60. The SMILES string of the molecule is CC(C)CCOc1ccc(C(=O)NC(=S)Nc2cccc(C(=O)N3CCC(C)CC3)c2)cc1Br. The predicted octanol–water partition coefficient (Wildman–Crippen LogP) is 5.87. The maximum Gasteiger partial charge on any atom is 0.257 e. The molecule has 34 heavy (non-hydrogen) atoms. The first kappa shape index (κ1) is 26.2. The van der Waals surface area contributed by atoms with E-state index < -0.39 is 0 Å². The molecule has 182 valence electrons. The molecule has 2 N–H and O–H groups in total. The molecule has 0 radical (unpaired) electrons. The second kappa shape index (κ2) is 12.3. The van der Waals surface area contributed by atoms with Gasteiger partial charge in [-0.1, -0.05) is 26.8 Å². The van der Waals surface area contributed by atoms with Gasteiger partial charge in [-0.2, -0.15) is 0 Å². The van der Waals surface area contributed by atoms with Crippen LogP contribution in [-0.4, -0.2) is 41.5 Å². The molecule has 2 amide bonds. The summed E-state index contributed by atoms with van der Waals surface area (Å²) in [7, 11) is 0. The highest BCUT2D eigenvalue weighted by Gasteiger charge is 2.21. The fourth-order valence-electron chi connectivity index (χ4n) is 3.63. The quantitative estimate of drug-likeness (QED) is 0.425. The molecule has 1 aliphatic rings. The lowest BCUT2D eigenvalue weighted by Crippen LogP contribution is -2.38. The van der Waals surface area contributed by atoms with Gasteiger partial charge in [0.05, 0.1) is 11.1 Å². The lowest BCUT2D eigenvalue weighted by molar-refractivity contribution is 0.0697. The largest absolute Gasteiger partial charge is 0.492 e. The minimum Gasteiger partial charge on any atom is -0.492 e. The number of anilines is 1. The lowest BCUT2D eigenvalue weighted by atomic mass is 9.98. The van der Waals surface area contributed by atoms with Crippen LogP contribution < -0.4 is 15.4 Å². The van der Waals surface area contributed by atoms with E-state index in [9.17, 15) is 9.59 Å². The summed E-state index contributed by atoms with van der Waals surface area (Å²) in [6, 6.07) is 12.4. The number of rotatable bonds is 7. The molecule has 0 saturated carbocycles. The van der Waals surface area contributed by atoms with Crippen molar-refractivity contribution in [2.45, 2.75) is 40.0 Å². The molecule has 2 aromatic carbocycles. The third-order valence-electron chi connectivity index (χ3n) is 5.81. The van der Waals surface area contributed by atoms with E-state index in [-0.39, 0.29) is 16.9 Å². The molecule has 0 unspecified atom stereocenters. The van der Waals surface area contributed by atoms with Crippen molar-refractivity contribution in [3.05, 3.63) is 58.1 Å². The van der Waals surface area contributed by atoms with Crippen LogP contribution in [0.5, 0.6) is 5.75 Å². The van der Waals surface area contributed by atoms with Gasteiger partial charge in [-0.15, -0.1) is 0 Å². The van der Waals surface area contributed by atoms with Gasteiger partial charge in [0, 0.05) is 29.9 Å². The lowest BCUT2D eigenvalue weighted by Gasteiger charge is -2.30. The average molecular weight is 547 g/mol. The second-order valence-corrected chi connectivity index (χ2v) is 10.4. The smallest absolute Gasteiger partial charge is 0.257 e. The summed E-state index contributed by atoms with van der Waals surface area (Å²) >= 11 is 8.80. The van der Waals surface area contributed by atoms with E-state index in [0.717, 1.165) is 32.4 Å². The molecule has 1 saturated heterocycles. The van der Waals surface area contributed by atoms with Gasteiger partial charge in [0.25, 0.3) is 11.8 Å². The Balaban J connectivity index is 1.56. The van der Waals surface area contributed by atoms with Crippen molar-refractivity contribution in [1.82, 2.24) is 10.2 Å². The van der Waals surface area contributed by atoms with Crippen molar-refractivity contribution in [1.29, 1.82) is 0 Å². The van der Waals surface area contributed by atoms with E-state index >= 15 is 0 Å². The molecule has 6 nitrogen and oxygen atoms in total. The van der Waals surface area contributed by atoms with E-state index in [1.54, 1.807) is 30.3 Å². The van der Waals surface area contributed by atoms with Crippen LogP contribution in [-0.2, 0) is 0 Å². The van der Waals surface area contributed by atoms with Crippen molar-refractivity contribution in [3.63, 3.8) is 0 Å². The zero-order valence-electron chi connectivity index (χ0n) is 19.9. The highest BCUT2D eigenvalue weighted by atomic mass is 79.9. The summed E-state index contributed by atoms with van der Waals surface area (Å²) in [5.41, 5.74) is 1.71. The number of ether oxygens (including phenoxy) is 1. The first-order valence-electron chi connectivity index (χ1n) is 11.7. The number of carbonyl (C=O) groups is 2. The Hall–Kier alpha value is -2.45. The van der Waals surface area contributed by atoms with Gasteiger partial charge in [0.1, 0.15) is 5.75 Å². The summed E-state index contributed by atoms with van der Waals surface area (Å²) < 4.78 is 6.48. The van der Waals surface area contributed by atoms with E-state index in [0.29, 0.717) is 45.5 Å². The summed E-state index contributed by atoms with van der Waals surface area (Å²) in [4.78, 5) is 27.4. The number of carbonyl (C=O) groups excluding carboxylic acids is 2. The molecule has 0 aromatic heterocycles. The number of amides is 2. The van der Waals surface area contributed by atoms with Crippen LogP contribution in [0, 0.1) is 11.8 Å². The molecule has 8 heteroatoms. The molecule has 1 heterocycles. The van der Waals surface area contributed by atoms with Gasteiger partial charge in [-0.3, -0.25) is 14.9 Å². The number of halogens is 1. The van der Waals surface area contributed by atoms with Crippen LogP contribution in [0.4, 0.5) is 5.69 Å². The number of benzene rings is 2. The third kappa shape index (κ3) is 7.53. The van der Waals surface area contributed by atoms with Crippen molar-refractivity contribution < 1.29 is 14.3 Å². The summed E-state index contributed by atoms with van der Waals surface area (Å²) in [5, 5.41) is 5.86. The number of thiocarbonyl (C=S) groups is 1. The molecular weight excluding hydrogens is 514 g/mol. The molecule has 0 atom stereocenters. The number of nitrogens with one attached hydrogen (secondary N) is 2. The van der Waals surface area contributed by atoms with Crippen molar-refractivity contribution in [3.8, 4) is 5.75 Å². The van der Waals surface area contributed by atoms with Gasteiger partial charge in [-0.05, 0) is 95.6 Å². The maximum atomic E-state index is 12.8. The van der Waals surface area contributed by atoms with E-state index in [2.05, 4.69) is 47.3 Å². The van der Waals surface area contributed by atoms with Crippen molar-refractivity contribution in [2.24, 2.45) is 11.8 Å². The molecule has 1 fully saturated rings. The fraction of sp³-hybridized carbons (Fsp3) is 0.423. The number of nitrogens with zero attached hydrogens (tertiary/aromatic N) is 1. The fourth-order valence-corrected chi connectivity index (χ4v) is 4.33. The molecule has 0 bridgehead atoms. The first-order chi connectivity index (χ1) is 16.2. The van der Waals surface area contributed by atoms with Crippen LogP contribution in [0.3, 0.4) is 0 Å². The average Bonchev–Trinajstić information content (AvgIpc) is 2.80. The Kier molecular flexibility index (Phi) is 9.47. The molecule has 0 aliphatic carbocycles. The zero-order valence-corrected chi connectivity index (χ0v) is 22.3. The van der Waals surface area contributed by atoms with Gasteiger partial charge >= 0.3 is 0 Å². The molecule has 3 rings (SSSR count). The molecule has 0 spiro atoms. The highest BCUT2D eigenvalue weighted by molar-refractivity contribution is 9.10. The Bertz CT molecular complexity index is 1040. The number of hydrogen-bond acceptors (Lipinski definition) is 4. The number of piperidine rings is 1. The standard InChI is InChI=1S/C26H32BrN3O3S/c1-17(2)11-14-33-23-8-7-19(16-22(23)27)24(31)29-26(34)28-21-6-4-5-20(15-21)25(32)30-12-9-18(3)10-13-30/h4-8,15-18H,9-14H2,1-3H3,(H2,28,29,31,34). The normalized spacial score (nSPS) is 14.1. The minimum atomic E-state index is -0.332. The van der Waals surface area contributed by atoms with E-state index in [4.69, 9.17) is 17.0 Å². The third-order valence-corrected chi connectivity index (χ3v) is 6.64. The summed E-state index contributed by atoms with van der Waals surface area (Å²) in [6.07, 6.45) is 3.01. The number of likely N-dealkylation sites (tertiary alicyclic amines) is 1. The van der Waals surface area contributed by atoms with Crippen LogP contribution in [0.25, 0.3) is 0 Å². The van der Waals surface area contributed by atoms with Gasteiger partial charge in [0.15, 0.2) is 5.11 Å². The van der Waals surface area contributed by atoms with Crippen LogP contribution in [0.15, 0.2) is 46.9 Å². The number of hydrogen-bond donors (Lipinski definition) is 2. The predicted molar refractivity (Wildman–Crippen MR) is 144 cm³/mol. The van der Waals surface area contributed by atoms with Crippen molar-refractivity contribution >= 4 is 50.8 Å². The van der Waals surface area contributed by atoms with E-state index in [1.807, 2.05) is 17.0 Å². The molecule has 1 aliphatic heterocycles. The van der Waals surface area contributed by atoms with Gasteiger partial charge < -0.3 is 15.0 Å².